The fourth-order valence-electron chi connectivity index (χ4n) is 3.60. The van der Waals surface area contributed by atoms with Gasteiger partial charge in [-0.05, 0) is 49.0 Å². The molecule has 0 saturated carbocycles. The Morgan fingerprint density at radius 2 is 1.58 bits per heavy atom. The van der Waals surface area contributed by atoms with Gasteiger partial charge in [0.15, 0.2) is 0 Å². The van der Waals surface area contributed by atoms with Crippen LogP contribution in [0.4, 0.5) is 0 Å². The average molecular weight is 489 g/mol. The molecule has 7 nitrogen and oxygen atoms in total. The molecule has 1 unspecified atom stereocenters. The van der Waals surface area contributed by atoms with Gasteiger partial charge < -0.3 is 24.0 Å². The normalized spacial score (nSPS) is 11.9. The smallest absolute Gasteiger partial charge is 0.306 e. The number of esters is 1. The van der Waals surface area contributed by atoms with Crippen LogP contribution in [0, 0.1) is 0 Å². The summed E-state index contributed by atoms with van der Waals surface area (Å²) >= 11 is 0. The number of hydrogen-bond donors (Lipinski definition) is 0. The largest absolute Gasteiger partial charge is 0.489 e. The first-order valence-electron chi connectivity index (χ1n) is 11.8. The summed E-state index contributed by atoms with van der Waals surface area (Å²) in [6.45, 7) is 6.89. The number of hydrogen-bond acceptors (Lipinski definition) is 7. The summed E-state index contributed by atoms with van der Waals surface area (Å²) in [5, 5.41) is 4.08. The summed E-state index contributed by atoms with van der Waals surface area (Å²) < 4.78 is 16.9. The monoisotopic (exact) mass is 488 g/mol. The summed E-state index contributed by atoms with van der Waals surface area (Å²) in [6.07, 6.45) is 0.269. The highest BCUT2D eigenvalue weighted by molar-refractivity contribution is 6.01. The third kappa shape index (κ3) is 8.27. The molecule has 0 bridgehead atoms. The molecule has 0 fully saturated rings. The SMILES string of the molecule is C=NCC(CC(=O)OCC)c1ccc(OCc2ccc(OCC(=NOC)c3ccccc3)cc2)cc1. The maximum atomic E-state index is 11.9. The van der Waals surface area contributed by atoms with E-state index in [1.807, 2.05) is 78.9 Å². The fraction of sp³-hybridized carbons (Fsp3) is 0.276. The van der Waals surface area contributed by atoms with E-state index in [1.54, 1.807) is 6.92 Å². The zero-order chi connectivity index (χ0) is 25.6. The van der Waals surface area contributed by atoms with Crippen molar-refractivity contribution in [3.63, 3.8) is 0 Å². The van der Waals surface area contributed by atoms with Gasteiger partial charge in [-0.15, -0.1) is 0 Å². The Kier molecular flexibility index (Phi) is 10.5. The van der Waals surface area contributed by atoms with Gasteiger partial charge in [0.25, 0.3) is 0 Å². The second-order valence-corrected chi connectivity index (χ2v) is 7.99. The standard InChI is InChI=1S/C29H32N2O5/c1-4-34-29(32)18-25(19-30-2)23-12-16-27(17-13-23)35-20-22-10-14-26(15-11-22)36-21-28(31-33-3)24-8-6-5-7-9-24/h5-17,25H,2,4,18-21H2,1,3H3. The number of oxime groups is 1. The quantitative estimate of drug-likeness (QED) is 0.172. The van der Waals surface area contributed by atoms with Crippen LogP contribution < -0.4 is 9.47 Å². The Hall–Kier alpha value is -4.13. The Morgan fingerprint density at radius 1 is 0.917 bits per heavy atom. The van der Waals surface area contributed by atoms with Crippen LogP contribution in [0.1, 0.15) is 36.0 Å². The van der Waals surface area contributed by atoms with Gasteiger partial charge in [0.1, 0.15) is 37.5 Å². The maximum absolute atomic E-state index is 11.9. The molecule has 7 heteroatoms. The van der Waals surface area contributed by atoms with Crippen LogP contribution in [0.5, 0.6) is 11.5 Å². The van der Waals surface area contributed by atoms with E-state index >= 15 is 0 Å². The Bertz CT molecular complexity index is 1110. The van der Waals surface area contributed by atoms with Crippen LogP contribution in [0.2, 0.25) is 0 Å². The van der Waals surface area contributed by atoms with E-state index in [9.17, 15) is 4.79 Å². The molecule has 3 aromatic carbocycles. The molecule has 0 aliphatic heterocycles. The number of benzene rings is 3. The van der Waals surface area contributed by atoms with Crippen LogP contribution >= 0.6 is 0 Å². The minimum absolute atomic E-state index is 0.0699. The van der Waals surface area contributed by atoms with Crippen LogP contribution in [0.25, 0.3) is 0 Å². The van der Waals surface area contributed by atoms with E-state index in [1.165, 1.54) is 7.11 Å². The van der Waals surface area contributed by atoms with E-state index < -0.39 is 0 Å². The molecule has 3 aromatic rings. The number of rotatable bonds is 14. The molecule has 0 spiro atoms. The third-order valence-electron chi connectivity index (χ3n) is 5.43. The first-order valence-corrected chi connectivity index (χ1v) is 11.8. The van der Waals surface area contributed by atoms with Gasteiger partial charge in [0, 0.05) is 18.0 Å². The van der Waals surface area contributed by atoms with E-state index in [-0.39, 0.29) is 18.3 Å². The first-order chi connectivity index (χ1) is 17.6. The van der Waals surface area contributed by atoms with Gasteiger partial charge >= 0.3 is 5.97 Å². The van der Waals surface area contributed by atoms with E-state index in [2.05, 4.69) is 16.9 Å². The summed E-state index contributed by atoms with van der Waals surface area (Å²) in [5.74, 6) is 1.16. The molecule has 36 heavy (non-hydrogen) atoms. The Balaban J connectivity index is 1.52. The van der Waals surface area contributed by atoms with E-state index in [0.29, 0.717) is 32.1 Å². The van der Waals surface area contributed by atoms with Crippen molar-refractivity contribution in [2.45, 2.75) is 25.9 Å². The molecule has 0 saturated heterocycles. The van der Waals surface area contributed by atoms with Crippen molar-refractivity contribution in [1.82, 2.24) is 0 Å². The first kappa shape index (κ1) is 26.5. The van der Waals surface area contributed by atoms with Crippen LogP contribution in [-0.2, 0) is 21.0 Å². The molecule has 1 atom stereocenters. The van der Waals surface area contributed by atoms with Crippen LogP contribution in [0.15, 0.2) is 89.0 Å². The summed E-state index contributed by atoms with van der Waals surface area (Å²) in [6, 6.07) is 25.2. The molecular formula is C29H32N2O5. The van der Waals surface area contributed by atoms with Gasteiger partial charge in [-0.1, -0.05) is 59.8 Å². The summed E-state index contributed by atoms with van der Waals surface area (Å²) in [4.78, 5) is 20.8. The number of carbonyl (C=O) groups excluding carboxylic acids is 1. The molecule has 0 aromatic heterocycles. The highest BCUT2D eigenvalue weighted by atomic mass is 16.6. The number of nitrogens with zero attached hydrogens (tertiary/aromatic N) is 2. The molecule has 0 heterocycles. The lowest BCUT2D eigenvalue weighted by atomic mass is 9.96. The average Bonchev–Trinajstić information content (AvgIpc) is 2.91. The van der Waals surface area contributed by atoms with Gasteiger partial charge in [-0.2, -0.15) is 0 Å². The molecule has 0 N–H and O–H groups in total. The molecule has 188 valence electrons. The van der Waals surface area contributed by atoms with E-state index in [0.717, 1.165) is 28.2 Å². The predicted molar refractivity (Wildman–Crippen MR) is 141 cm³/mol. The second kappa shape index (κ2) is 14.3. The molecule has 0 amide bonds. The van der Waals surface area contributed by atoms with Gasteiger partial charge in [0.2, 0.25) is 0 Å². The molecule has 3 rings (SSSR count). The van der Waals surface area contributed by atoms with Crippen molar-refractivity contribution in [3.05, 3.63) is 95.6 Å². The Morgan fingerprint density at radius 3 is 2.22 bits per heavy atom. The molecular weight excluding hydrogens is 456 g/mol. The lowest BCUT2D eigenvalue weighted by Gasteiger charge is -2.15. The minimum Gasteiger partial charge on any atom is -0.489 e. The highest BCUT2D eigenvalue weighted by Crippen LogP contribution is 2.24. The number of aliphatic imine (C=N–C) groups is 1. The fourth-order valence-corrected chi connectivity index (χ4v) is 3.60. The minimum atomic E-state index is -0.235. The van der Waals surface area contributed by atoms with Crippen molar-refractivity contribution in [1.29, 1.82) is 0 Å². The third-order valence-corrected chi connectivity index (χ3v) is 5.43. The molecule has 0 aliphatic carbocycles. The lowest BCUT2D eigenvalue weighted by molar-refractivity contribution is -0.143. The molecule has 0 aliphatic rings. The number of ether oxygens (including phenoxy) is 3. The van der Waals surface area contributed by atoms with Crippen molar-refractivity contribution in [2.24, 2.45) is 10.1 Å². The van der Waals surface area contributed by atoms with Crippen molar-refractivity contribution < 1.29 is 23.8 Å². The van der Waals surface area contributed by atoms with Crippen molar-refractivity contribution in [3.8, 4) is 11.5 Å². The predicted octanol–water partition coefficient (Wildman–Crippen LogP) is 5.43. The zero-order valence-corrected chi connectivity index (χ0v) is 20.8. The molecule has 0 radical (unpaired) electrons. The maximum Gasteiger partial charge on any atom is 0.306 e. The highest BCUT2D eigenvalue weighted by Gasteiger charge is 2.16. The number of carbonyl (C=O) groups is 1. The lowest BCUT2D eigenvalue weighted by Crippen LogP contribution is -2.13. The van der Waals surface area contributed by atoms with Gasteiger partial charge in [0.05, 0.1) is 13.0 Å². The Labute approximate surface area is 212 Å². The van der Waals surface area contributed by atoms with Crippen LogP contribution in [-0.4, -0.2) is 45.3 Å². The van der Waals surface area contributed by atoms with Crippen LogP contribution in [0.3, 0.4) is 0 Å². The van der Waals surface area contributed by atoms with Crippen molar-refractivity contribution >= 4 is 18.4 Å². The summed E-state index contributed by atoms with van der Waals surface area (Å²) in [7, 11) is 1.52. The summed E-state index contributed by atoms with van der Waals surface area (Å²) in [5.41, 5.74) is 3.66. The topological polar surface area (TPSA) is 78.7 Å². The van der Waals surface area contributed by atoms with Gasteiger partial charge in [-0.3, -0.25) is 4.79 Å². The van der Waals surface area contributed by atoms with Gasteiger partial charge in [-0.25, -0.2) is 0 Å². The van der Waals surface area contributed by atoms with E-state index in [4.69, 9.17) is 19.0 Å². The van der Waals surface area contributed by atoms with Crippen molar-refractivity contribution in [2.75, 3.05) is 26.9 Å². The zero-order valence-electron chi connectivity index (χ0n) is 20.8. The second-order valence-electron chi connectivity index (χ2n) is 7.99.